The predicted octanol–water partition coefficient (Wildman–Crippen LogP) is 4.82. The first kappa shape index (κ1) is 25.6. The normalized spacial score (nSPS) is 19.9. The molecule has 1 amide bonds. The average molecular weight is 537 g/mol. The number of carbonyl (C=O) groups excluding carboxylic acids is 2. The van der Waals surface area contributed by atoms with E-state index in [1.165, 1.54) is 11.8 Å². The van der Waals surface area contributed by atoms with Gasteiger partial charge in [-0.05, 0) is 36.6 Å². The summed E-state index contributed by atoms with van der Waals surface area (Å²) in [7, 11) is 2.07. The van der Waals surface area contributed by atoms with E-state index in [0.717, 1.165) is 35.1 Å². The van der Waals surface area contributed by atoms with E-state index in [-0.39, 0.29) is 18.9 Å². The fraction of sp³-hybridized carbons (Fsp3) is 0.321. The molecule has 0 unspecified atom stereocenters. The minimum absolute atomic E-state index is 0.0681. The molecule has 5 rings (SSSR count). The Morgan fingerprint density at radius 3 is 2.49 bits per heavy atom. The lowest BCUT2D eigenvalue weighted by atomic mass is 9.93. The molecule has 1 saturated heterocycles. The summed E-state index contributed by atoms with van der Waals surface area (Å²) in [5.74, 6) is -0.380. The van der Waals surface area contributed by atoms with Crippen molar-refractivity contribution in [3.8, 4) is 0 Å². The zero-order chi connectivity index (χ0) is 25.9. The smallest absolute Gasteiger partial charge is 0.338 e. The number of likely N-dealkylation sites (N-methyl/N-ethyl adjacent to an activating group) is 1. The van der Waals surface area contributed by atoms with Crippen molar-refractivity contribution in [1.29, 1.82) is 0 Å². The highest BCUT2D eigenvalue weighted by atomic mass is 35.5. The Morgan fingerprint density at radius 2 is 1.76 bits per heavy atom. The lowest BCUT2D eigenvalue weighted by molar-refractivity contribution is -0.141. The van der Waals surface area contributed by atoms with Gasteiger partial charge in [-0.25, -0.2) is 9.79 Å². The Labute approximate surface area is 226 Å². The van der Waals surface area contributed by atoms with Crippen molar-refractivity contribution >= 4 is 40.4 Å². The summed E-state index contributed by atoms with van der Waals surface area (Å²) in [6.07, 6.45) is 0.224. The molecule has 2 aromatic carbocycles. The Hall–Kier alpha value is -3.07. The number of rotatable bonds is 6. The van der Waals surface area contributed by atoms with Crippen LogP contribution < -0.4 is 0 Å². The van der Waals surface area contributed by atoms with E-state index in [1.54, 1.807) is 0 Å². The zero-order valence-electron chi connectivity index (χ0n) is 20.9. The van der Waals surface area contributed by atoms with Gasteiger partial charge in [-0.3, -0.25) is 4.79 Å². The molecule has 0 saturated carbocycles. The number of nitrogens with zero attached hydrogens (tertiary/aromatic N) is 4. The molecule has 1 atom stereocenters. The monoisotopic (exact) mass is 536 g/mol. The molecule has 3 aliphatic rings. The molecule has 192 valence electrons. The minimum Gasteiger partial charge on any atom is -0.457 e. The number of allylic oxidation sites excluding steroid dienone is 1. The number of benzene rings is 2. The topological polar surface area (TPSA) is 65.5 Å². The van der Waals surface area contributed by atoms with Crippen LogP contribution in [0.4, 0.5) is 0 Å². The van der Waals surface area contributed by atoms with Crippen molar-refractivity contribution in [2.75, 3.05) is 33.2 Å². The van der Waals surface area contributed by atoms with Gasteiger partial charge in [-0.2, -0.15) is 0 Å². The average Bonchev–Trinajstić information content (AvgIpc) is 3.29. The SMILES string of the molecule is CC1=C(C(=O)OCc2ccccc2)[C@@H](c2ccccc2Cl)N2C(CC(=O)N3CCN(C)CC3)=CSC2=N1. The summed E-state index contributed by atoms with van der Waals surface area (Å²) >= 11 is 8.14. The van der Waals surface area contributed by atoms with Gasteiger partial charge in [0.05, 0.1) is 23.7 Å². The van der Waals surface area contributed by atoms with Crippen LogP contribution in [0.1, 0.15) is 30.5 Å². The number of fused-ring (bicyclic) bond motifs is 1. The van der Waals surface area contributed by atoms with Crippen LogP contribution in [0.15, 0.2) is 82.0 Å². The second-order valence-corrected chi connectivity index (χ2v) is 10.6. The van der Waals surface area contributed by atoms with Crippen molar-refractivity contribution in [2.24, 2.45) is 4.99 Å². The molecule has 1 fully saturated rings. The van der Waals surface area contributed by atoms with Crippen LogP contribution in [0.25, 0.3) is 0 Å². The molecular formula is C28H29ClN4O3S. The number of thioether (sulfide) groups is 1. The summed E-state index contributed by atoms with van der Waals surface area (Å²) < 4.78 is 5.76. The quantitative estimate of drug-likeness (QED) is 0.493. The van der Waals surface area contributed by atoms with Crippen molar-refractivity contribution in [3.63, 3.8) is 0 Å². The second kappa shape index (κ2) is 11.1. The highest BCUT2D eigenvalue weighted by molar-refractivity contribution is 8.16. The molecule has 0 aliphatic carbocycles. The number of halogens is 1. The molecule has 0 aromatic heterocycles. The molecule has 3 aliphatic heterocycles. The van der Waals surface area contributed by atoms with Gasteiger partial charge in [0.15, 0.2) is 5.17 Å². The van der Waals surface area contributed by atoms with Gasteiger partial charge < -0.3 is 19.4 Å². The highest BCUT2D eigenvalue weighted by Gasteiger charge is 2.42. The molecule has 0 radical (unpaired) electrons. The third kappa shape index (κ3) is 5.46. The zero-order valence-corrected chi connectivity index (χ0v) is 22.5. The Bertz CT molecular complexity index is 1290. The minimum atomic E-state index is -0.550. The summed E-state index contributed by atoms with van der Waals surface area (Å²) in [6.45, 7) is 5.11. The number of ether oxygens (including phenoxy) is 1. The highest BCUT2D eigenvalue weighted by Crippen LogP contribution is 2.46. The molecule has 37 heavy (non-hydrogen) atoms. The first-order valence-corrected chi connectivity index (χ1v) is 13.5. The molecular weight excluding hydrogens is 508 g/mol. The van der Waals surface area contributed by atoms with Gasteiger partial charge in [-0.1, -0.05) is 71.9 Å². The first-order valence-electron chi connectivity index (χ1n) is 12.3. The van der Waals surface area contributed by atoms with Crippen LogP contribution in [0, 0.1) is 0 Å². The summed E-state index contributed by atoms with van der Waals surface area (Å²) in [5.41, 5.74) is 3.48. The van der Waals surface area contributed by atoms with E-state index in [4.69, 9.17) is 21.3 Å². The maximum atomic E-state index is 13.5. The maximum absolute atomic E-state index is 13.5. The van der Waals surface area contributed by atoms with Gasteiger partial charge in [0.25, 0.3) is 0 Å². The number of amidine groups is 1. The van der Waals surface area contributed by atoms with E-state index >= 15 is 0 Å². The third-order valence-corrected chi connectivity index (χ3v) is 8.05. The Kier molecular flexibility index (Phi) is 7.69. The summed E-state index contributed by atoms with van der Waals surface area (Å²) in [4.78, 5) is 37.6. The van der Waals surface area contributed by atoms with Crippen LogP contribution in [-0.4, -0.2) is 65.0 Å². The molecule has 0 bridgehead atoms. The number of aliphatic imine (C=N–C) groups is 1. The van der Waals surface area contributed by atoms with E-state index in [1.807, 2.05) is 76.7 Å². The number of hydrogen-bond donors (Lipinski definition) is 0. The molecule has 0 spiro atoms. The van der Waals surface area contributed by atoms with E-state index in [0.29, 0.717) is 29.4 Å². The molecule has 3 heterocycles. The lowest BCUT2D eigenvalue weighted by Gasteiger charge is -2.37. The molecule has 0 N–H and O–H groups in total. The fourth-order valence-electron chi connectivity index (χ4n) is 4.75. The lowest BCUT2D eigenvalue weighted by Crippen LogP contribution is -2.47. The second-order valence-electron chi connectivity index (χ2n) is 9.34. The number of hydrogen-bond acceptors (Lipinski definition) is 7. The van der Waals surface area contributed by atoms with Crippen LogP contribution in [0.2, 0.25) is 5.02 Å². The van der Waals surface area contributed by atoms with Crippen LogP contribution >= 0.6 is 23.4 Å². The standard InChI is InChI=1S/C28H29ClN4O3S/c1-19-25(27(35)36-17-20-8-4-3-5-9-20)26(22-10-6-7-11-23(22)29)33-21(18-37-28(33)30-19)16-24(34)32-14-12-31(2)13-15-32/h3-11,18,26H,12-17H2,1-2H3/t26-/m1/s1. The van der Waals surface area contributed by atoms with Crippen molar-refractivity contribution < 1.29 is 14.3 Å². The van der Waals surface area contributed by atoms with Gasteiger partial charge in [0, 0.05) is 36.9 Å². The van der Waals surface area contributed by atoms with Gasteiger partial charge in [0.1, 0.15) is 6.61 Å². The van der Waals surface area contributed by atoms with Crippen LogP contribution in [0.3, 0.4) is 0 Å². The number of amides is 1. The Morgan fingerprint density at radius 1 is 1.05 bits per heavy atom. The van der Waals surface area contributed by atoms with E-state index in [2.05, 4.69) is 11.9 Å². The Balaban J connectivity index is 1.44. The van der Waals surface area contributed by atoms with Gasteiger partial charge in [-0.15, -0.1) is 0 Å². The number of esters is 1. The number of piperazine rings is 1. The molecule has 9 heteroatoms. The van der Waals surface area contributed by atoms with Gasteiger partial charge >= 0.3 is 5.97 Å². The van der Waals surface area contributed by atoms with Crippen LogP contribution in [-0.2, 0) is 20.9 Å². The van der Waals surface area contributed by atoms with Crippen molar-refractivity contribution in [3.05, 3.63) is 93.1 Å². The molecule has 7 nitrogen and oxygen atoms in total. The summed E-state index contributed by atoms with van der Waals surface area (Å²) in [5, 5.41) is 3.22. The first-order chi connectivity index (χ1) is 17.9. The van der Waals surface area contributed by atoms with E-state index in [9.17, 15) is 9.59 Å². The van der Waals surface area contributed by atoms with Gasteiger partial charge in [0.2, 0.25) is 5.91 Å². The van der Waals surface area contributed by atoms with Crippen molar-refractivity contribution in [1.82, 2.24) is 14.7 Å². The maximum Gasteiger partial charge on any atom is 0.338 e. The van der Waals surface area contributed by atoms with Crippen molar-refractivity contribution in [2.45, 2.75) is 26.0 Å². The number of carbonyl (C=O) groups is 2. The summed E-state index contributed by atoms with van der Waals surface area (Å²) in [6, 6.07) is 16.5. The molecule has 2 aromatic rings. The predicted molar refractivity (Wildman–Crippen MR) is 147 cm³/mol. The third-order valence-electron chi connectivity index (χ3n) is 6.82. The fourth-order valence-corrected chi connectivity index (χ4v) is 5.95. The van der Waals surface area contributed by atoms with E-state index < -0.39 is 12.0 Å². The van der Waals surface area contributed by atoms with Crippen LogP contribution in [0.5, 0.6) is 0 Å². The largest absolute Gasteiger partial charge is 0.457 e.